The number of aryl methyl sites for hydroxylation is 2. The third-order valence-corrected chi connectivity index (χ3v) is 9.06. The monoisotopic (exact) mass is 602 g/mol. The topological polar surface area (TPSA) is 140 Å². The largest absolute Gasteiger partial charge is 0.506 e. The summed E-state index contributed by atoms with van der Waals surface area (Å²) in [5.74, 6) is -0.925. The lowest BCUT2D eigenvalue weighted by atomic mass is 10.0. The number of nitrogens with one attached hydrogen (secondary N) is 3. The standard InChI is InChI=1S/C31H30N4O5S2/c1-18(24-17-41-28(27(24)37)23-10-9-20-3-2-4-22(20)15-23)34-35-31(40)26-12-11-25(42-26)30(39)33-16-19-5-7-21(8-6-19)29(38)32-13-14-36/h5-12,15,17,36-37H,2-4,13-14,16H2,1H3,(H,32,38)(H,33,39)(H,35,40)/b34-18+. The fourth-order valence-electron chi connectivity index (χ4n) is 4.67. The van der Waals surface area contributed by atoms with Crippen LogP contribution >= 0.6 is 22.7 Å². The number of hydrogen-bond donors (Lipinski definition) is 5. The van der Waals surface area contributed by atoms with E-state index in [2.05, 4.69) is 33.3 Å². The summed E-state index contributed by atoms with van der Waals surface area (Å²) in [6, 6.07) is 16.2. The molecule has 0 bridgehead atoms. The first kappa shape index (κ1) is 29.2. The maximum absolute atomic E-state index is 12.7. The van der Waals surface area contributed by atoms with Crippen LogP contribution in [0.5, 0.6) is 5.75 Å². The number of aliphatic hydroxyl groups is 1. The number of carbonyl (C=O) groups excluding carboxylic acids is 3. The first-order chi connectivity index (χ1) is 20.3. The van der Waals surface area contributed by atoms with Crippen molar-refractivity contribution in [1.29, 1.82) is 0 Å². The predicted octanol–water partition coefficient (Wildman–Crippen LogP) is 4.48. The molecule has 2 heterocycles. The van der Waals surface area contributed by atoms with Crippen LogP contribution in [0.4, 0.5) is 0 Å². The smallest absolute Gasteiger partial charge is 0.281 e. The molecule has 0 atom stereocenters. The fraction of sp³-hybridized carbons (Fsp3) is 0.226. The summed E-state index contributed by atoms with van der Waals surface area (Å²) in [5.41, 5.74) is 8.49. The molecule has 9 nitrogen and oxygen atoms in total. The number of fused-ring (bicyclic) bond motifs is 1. The van der Waals surface area contributed by atoms with Gasteiger partial charge in [-0.3, -0.25) is 14.4 Å². The second kappa shape index (κ2) is 13.1. The van der Waals surface area contributed by atoms with Gasteiger partial charge in [0.2, 0.25) is 0 Å². The van der Waals surface area contributed by atoms with Gasteiger partial charge >= 0.3 is 0 Å². The summed E-state index contributed by atoms with van der Waals surface area (Å²) in [7, 11) is 0. The predicted molar refractivity (Wildman–Crippen MR) is 164 cm³/mol. The molecule has 0 unspecified atom stereocenters. The Kier molecular flexibility index (Phi) is 9.11. The number of aliphatic hydroxyl groups excluding tert-OH is 1. The highest BCUT2D eigenvalue weighted by Crippen LogP contribution is 2.40. The lowest BCUT2D eigenvalue weighted by Crippen LogP contribution is -2.26. The highest BCUT2D eigenvalue weighted by molar-refractivity contribution is 7.16. The number of rotatable bonds is 10. The van der Waals surface area contributed by atoms with E-state index in [1.165, 1.54) is 22.5 Å². The summed E-state index contributed by atoms with van der Waals surface area (Å²) in [4.78, 5) is 38.8. The van der Waals surface area contributed by atoms with E-state index < -0.39 is 5.91 Å². The van der Waals surface area contributed by atoms with Gasteiger partial charge in [0.05, 0.1) is 32.5 Å². The van der Waals surface area contributed by atoms with Gasteiger partial charge in [0.25, 0.3) is 17.7 Å². The normalized spacial score (nSPS) is 12.6. The van der Waals surface area contributed by atoms with Gasteiger partial charge in [-0.15, -0.1) is 22.7 Å². The Morgan fingerprint density at radius 2 is 1.64 bits per heavy atom. The zero-order valence-electron chi connectivity index (χ0n) is 22.9. The molecule has 1 aliphatic rings. The van der Waals surface area contributed by atoms with Crippen molar-refractivity contribution in [1.82, 2.24) is 16.1 Å². The molecule has 0 aliphatic heterocycles. The second-order valence-corrected chi connectivity index (χ2v) is 11.8. The molecule has 3 amide bonds. The van der Waals surface area contributed by atoms with Crippen LogP contribution in [0.3, 0.4) is 0 Å². The SMILES string of the molecule is C/C(=N\NC(=O)c1ccc(C(=O)NCc2ccc(C(=O)NCCO)cc2)s1)c1csc(-c2ccc3c(c2)CCC3)c1O. The molecule has 5 rings (SSSR count). The molecular weight excluding hydrogens is 572 g/mol. The minimum absolute atomic E-state index is 0.133. The zero-order valence-corrected chi connectivity index (χ0v) is 24.5. The number of nitrogens with zero attached hydrogens (tertiary/aromatic N) is 1. The van der Waals surface area contributed by atoms with Crippen LogP contribution in [-0.2, 0) is 19.4 Å². The number of hydrazone groups is 1. The first-order valence-electron chi connectivity index (χ1n) is 13.5. The van der Waals surface area contributed by atoms with Crippen molar-refractivity contribution in [2.45, 2.75) is 32.7 Å². The number of thiophene rings is 2. The molecule has 0 saturated heterocycles. The number of carbonyl (C=O) groups is 3. The lowest BCUT2D eigenvalue weighted by Gasteiger charge is -2.06. The van der Waals surface area contributed by atoms with E-state index in [0.717, 1.165) is 46.6 Å². The van der Waals surface area contributed by atoms with Crippen molar-refractivity contribution in [3.05, 3.63) is 97.5 Å². The van der Waals surface area contributed by atoms with Gasteiger partial charge in [-0.05, 0) is 78.8 Å². The van der Waals surface area contributed by atoms with Gasteiger partial charge in [-0.1, -0.05) is 24.3 Å². The van der Waals surface area contributed by atoms with Crippen LogP contribution in [0.25, 0.3) is 10.4 Å². The van der Waals surface area contributed by atoms with Crippen molar-refractivity contribution in [2.24, 2.45) is 5.10 Å². The van der Waals surface area contributed by atoms with Crippen molar-refractivity contribution in [3.8, 4) is 16.2 Å². The molecular formula is C31H30N4O5S2. The lowest BCUT2D eigenvalue weighted by molar-refractivity contribution is 0.0939. The van der Waals surface area contributed by atoms with Crippen LogP contribution in [-0.4, -0.2) is 46.8 Å². The summed E-state index contributed by atoms with van der Waals surface area (Å²) in [5, 5.41) is 31.1. The van der Waals surface area contributed by atoms with Gasteiger partial charge in [-0.2, -0.15) is 5.10 Å². The molecule has 2 aromatic heterocycles. The van der Waals surface area contributed by atoms with Gasteiger partial charge in [-0.25, -0.2) is 5.43 Å². The van der Waals surface area contributed by atoms with Crippen LogP contribution in [0, 0.1) is 0 Å². The van der Waals surface area contributed by atoms with Crippen LogP contribution in [0.2, 0.25) is 0 Å². The number of aromatic hydroxyl groups is 1. The molecule has 4 aromatic rings. The molecule has 2 aromatic carbocycles. The zero-order chi connectivity index (χ0) is 29.6. The Hall–Kier alpha value is -4.32. The van der Waals surface area contributed by atoms with Crippen LogP contribution in [0.1, 0.15) is 65.3 Å². The molecule has 0 radical (unpaired) electrons. The molecule has 0 saturated carbocycles. The molecule has 1 aliphatic carbocycles. The molecule has 0 fully saturated rings. The third-order valence-electron chi connectivity index (χ3n) is 6.96. The molecule has 5 N–H and O–H groups in total. The van der Waals surface area contributed by atoms with E-state index in [0.29, 0.717) is 26.6 Å². The Bertz CT molecular complexity index is 1660. The van der Waals surface area contributed by atoms with Gasteiger partial charge in [0, 0.05) is 24.0 Å². The van der Waals surface area contributed by atoms with Crippen molar-refractivity contribution in [3.63, 3.8) is 0 Å². The highest BCUT2D eigenvalue weighted by atomic mass is 32.1. The highest BCUT2D eigenvalue weighted by Gasteiger charge is 2.19. The van der Waals surface area contributed by atoms with Crippen molar-refractivity contribution in [2.75, 3.05) is 13.2 Å². The summed E-state index contributed by atoms with van der Waals surface area (Å²) in [6.07, 6.45) is 3.32. The van der Waals surface area contributed by atoms with Crippen LogP contribution in [0.15, 0.2) is 65.1 Å². The fourth-order valence-corrected chi connectivity index (χ4v) is 6.49. The Morgan fingerprint density at radius 1 is 0.905 bits per heavy atom. The van der Waals surface area contributed by atoms with E-state index in [9.17, 15) is 19.5 Å². The Morgan fingerprint density at radius 3 is 2.40 bits per heavy atom. The summed E-state index contributed by atoms with van der Waals surface area (Å²) in [6.45, 7) is 2.01. The average molecular weight is 603 g/mol. The first-order valence-corrected chi connectivity index (χ1v) is 15.2. The number of hydrogen-bond acceptors (Lipinski definition) is 8. The Balaban J connectivity index is 1.16. The van der Waals surface area contributed by atoms with E-state index in [4.69, 9.17) is 5.11 Å². The minimum Gasteiger partial charge on any atom is -0.506 e. The molecule has 0 spiro atoms. The van der Waals surface area contributed by atoms with Crippen molar-refractivity contribution >= 4 is 46.1 Å². The van der Waals surface area contributed by atoms with E-state index in [1.807, 2.05) is 11.4 Å². The van der Waals surface area contributed by atoms with E-state index in [1.54, 1.807) is 43.3 Å². The van der Waals surface area contributed by atoms with Crippen molar-refractivity contribution < 1.29 is 24.6 Å². The van der Waals surface area contributed by atoms with Gasteiger partial charge in [0.1, 0.15) is 5.75 Å². The quantitative estimate of drug-likeness (QED) is 0.135. The maximum Gasteiger partial charge on any atom is 0.281 e. The summed E-state index contributed by atoms with van der Waals surface area (Å²) < 4.78 is 0. The van der Waals surface area contributed by atoms with Crippen LogP contribution < -0.4 is 16.1 Å². The third kappa shape index (κ3) is 6.59. The van der Waals surface area contributed by atoms with Gasteiger partial charge < -0.3 is 20.8 Å². The molecule has 42 heavy (non-hydrogen) atoms. The summed E-state index contributed by atoms with van der Waals surface area (Å²) >= 11 is 2.48. The van der Waals surface area contributed by atoms with E-state index in [-0.39, 0.29) is 37.3 Å². The average Bonchev–Trinajstić information content (AvgIpc) is 3.77. The number of benzene rings is 2. The molecule has 216 valence electrons. The van der Waals surface area contributed by atoms with Gasteiger partial charge in [0.15, 0.2) is 0 Å². The molecule has 11 heteroatoms. The number of amides is 3. The second-order valence-electron chi connectivity index (χ2n) is 9.83. The Labute approximate surface area is 250 Å². The minimum atomic E-state index is -0.456. The van der Waals surface area contributed by atoms with E-state index >= 15 is 0 Å². The maximum atomic E-state index is 12.7.